The average Bonchev–Trinajstić information content (AvgIpc) is 2.88. The monoisotopic (exact) mass is 354 g/mol. The Labute approximate surface area is 151 Å². The minimum Gasteiger partial charge on any atom is -0.606 e. The Morgan fingerprint density at radius 3 is 2.40 bits per heavy atom. The van der Waals surface area contributed by atoms with E-state index in [-0.39, 0.29) is 11.8 Å². The molecule has 1 aliphatic rings. The highest BCUT2D eigenvalue weighted by Gasteiger charge is 2.41. The summed E-state index contributed by atoms with van der Waals surface area (Å²) in [7, 11) is 4.02. The Kier molecular flexibility index (Phi) is 5.27. The molecular weight excluding hydrogens is 332 g/mol. The van der Waals surface area contributed by atoms with Gasteiger partial charge < -0.3 is 14.8 Å². The molecule has 2 unspecified atom stereocenters. The molecule has 0 aliphatic carbocycles. The number of Topliss-reactive ketones (excluding diaryl/α,β-unsaturated/α-hetero) is 1. The SMILES string of the molecule is CC(CNC(=C1C(=O)c2ccccc2[S+]1[O-])c1ccccc1)N(C)C. The van der Waals surface area contributed by atoms with Crippen molar-refractivity contribution in [1.29, 1.82) is 0 Å². The van der Waals surface area contributed by atoms with Crippen molar-refractivity contribution in [1.82, 2.24) is 10.2 Å². The van der Waals surface area contributed by atoms with E-state index in [1.807, 2.05) is 50.5 Å². The molecule has 0 aromatic heterocycles. The van der Waals surface area contributed by atoms with Gasteiger partial charge in [0.25, 0.3) is 0 Å². The van der Waals surface area contributed by atoms with Crippen LogP contribution < -0.4 is 5.32 Å². The lowest BCUT2D eigenvalue weighted by Gasteiger charge is -2.22. The summed E-state index contributed by atoms with van der Waals surface area (Å²) in [6.07, 6.45) is 0. The molecule has 0 bridgehead atoms. The van der Waals surface area contributed by atoms with E-state index in [4.69, 9.17) is 0 Å². The van der Waals surface area contributed by atoms with Crippen LogP contribution in [-0.2, 0) is 11.2 Å². The topological polar surface area (TPSA) is 55.4 Å². The second-order valence-corrected chi connectivity index (χ2v) is 7.74. The normalized spacial score (nSPS) is 19.7. The summed E-state index contributed by atoms with van der Waals surface area (Å²) in [5, 5.41) is 3.38. The van der Waals surface area contributed by atoms with Crippen LogP contribution in [0.2, 0.25) is 0 Å². The molecule has 2 atom stereocenters. The molecule has 5 heteroatoms. The highest BCUT2D eigenvalue weighted by atomic mass is 32.2. The molecule has 0 saturated carbocycles. The van der Waals surface area contributed by atoms with Crippen LogP contribution in [0.4, 0.5) is 0 Å². The first-order valence-corrected chi connectivity index (χ1v) is 9.41. The number of benzene rings is 2. The number of rotatable bonds is 5. The fourth-order valence-corrected chi connectivity index (χ4v) is 4.13. The van der Waals surface area contributed by atoms with E-state index in [9.17, 15) is 9.35 Å². The number of fused-ring (bicyclic) bond motifs is 1. The molecular formula is C20H22N2O2S. The smallest absolute Gasteiger partial charge is 0.248 e. The molecule has 2 aromatic carbocycles. The van der Waals surface area contributed by atoms with Crippen molar-refractivity contribution in [2.75, 3.05) is 20.6 Å². The van der Waals surface area contributed by atoms with Gasteiger partial charge in [0.05, 0.1) is 5.56 Å². The largest absolute Gasteiger partial charge is 0.606 e. The van der Waals surface area contributed by atoms with Crippen molar-refractivity contribution in [3.05, 3.63) is 70.6 Å². The third kappa shape index (κ3) is 3.49. The molecule has 4 nitrogen and oxygen atoms in total. The van der Waals surface area contributed by atoms with Crippen molar-refractivity contribution < 1.29 is 9.35 Å². The Morgan fingerprint density at radius 2 is 1.76 bits per heavy atom. The Hall–Kier alpha value is -2.08. The number of hydrogen-bond donors (Lipinski definition) is 1. The van der Waals surface area contributed by atoms with Crippen LogP contribution in [0, 0.1) is 0 Å². The molecule has 1 aliphatic heterocycles. The van der Waals surface area contributed by atoms with Gasteiger partial charge >= 0.3 is 0 Å². The van der Waals surface area contributed by atoms with Crippen molar-refractivity contribution in [3.63, 3.8) is 0 Å². The van der Waals surface area contributed by atoms with Crippen LogP contribution >= 0.6 is 0 Å². The van der Waals surface area contributed by atoms with Crippen molar-refractivity contribution in [3.8, 4) is 0 Å². The van der Waals surface area contributed by atoms with Crippen molar-refractivity contribution >= 4 is 22.7 Å². The maximum atomic E-state index is 13.0. The minimum absolute atomic E-state index is 0.155. The standard InChI is InChI=1S/C20H22N2O2S/c1-14(22(2)3)13-21-18(15-9-5-4-6-10-15)20-19(23)16-11-7-8-12-17(16)25(20)24/h4-12,14,21H,13H2,1-3H3. The van der Waals surface area contributed by atoms with E-state index in [0.717, 1.165) is 5.56 Å². The second kappa shape index (κ2) is 7.44. The predicted octanol–water partition coefficient (Wildman–Crippen LogP) is 2.90. The summed E-state index contributed by atoms with van der Waals surface area (Å²) in [6, 6.07) is 17.0. The van der Waals surface area contributed by atoms with Crippen LogP contribution in [0.25, 0.3) is 5.70 Å². The quantitative estimate of drug-likeness (QED) is 0.663. The Balaban J connectivity index is 2.05. The molecule has 1 N–H and O–H groups in total. The molecule has 130 valence electrons. The van der Waals surface area contributed by atoms with Gasteiger partial charge in [-0.3, -0.25) is 4.79 Å². The summed E-state index contributed by atoms with van der Waals surface area (Å²) in [5.41, 5.74) is 2.07. The molecule has 0 amide bonds. The lowest BCUT2D eigenvalue weighted by Crippen LogP contribution is -2.35. The van der Waals surface area contributed by atoms with Crippen LogP contribution in [0.15, 0.2) is 64.4 Å². The first-order valence-electron chi connectivity index (χ1n) is 8.26. The van der Waals surface area contributed by atoms with Crippen LogP contribution in [0.5, 0.6) is 0 Å². The van der Waals surface area contributed by atoms with E-state index < -0.39 is 11.2 Å². The van der Waals surface area contributed by atoms with Gasteiger partial charge in [-0.15, -0.1) is 0 Å². The minimum atomic E-state index is -1.47. The summed E-state index contributed by atoms with van der Waals surface area (Å²) in [6.45, 7) is 2.75. The summed E-state index contributed by atoms with van der Waals surface area (Å²) in [5.74, 6) is -0.155. The third-order valence-electron chi connectivity index (χ3n) is 4.47. The van der Waals surface area contributed by atoms with Crippen LogP contribution in [0.1, 0.15) is 22.8 Å². The van der Waals surface area contributed by atoms with Crippen LogP contribution in [-0.4, -0.2) is 41.9 Å². The van der Waals surface area contributed by atoms with Crippen molar-refractivity contribution in [2.24, 2.45) is 0 Å². The van der Waals surface area contributed by atoms with Gasteiger partial charge in [0.2, 0.25) is 10.7 Å². The predicted molar refractivity (Wildman–Crippen MR) is 102 cm³/mol. The highest BCUT2D eigenvalue weighted by Crippen LogP contribution is 2.37. The molecule has 1 heterocycles. The lowest BCUT2D eigenvalue weighted by atomic mass is 10.1. The zero-order valence-electron chi connectivity index (χ0n) is 14.7. The van der Waals surface area contributed by atoms with E-state index in [1.54, 1.807) is 18.2 Å². The highest BCUT2D eigenvalue weighted by molar-refractivity contribution is 7.97. The van der Waals surface area contributed by atoms with Gasteiger partial charge in [-0.2, -0.15) is 0 Å². The number of ketones is 1. The molecule has 25 heavy (non-hydrogen) atoms. The Bertz CT molecular complexity index is 802. The fraction of sp³-hybridized carbons (Fsp3) is 0.250. The fourth-order valence-electron chi connectivity index (χ4n) is 2.69. The third-order valence-corrected chi connectivity index (χ3v) is 5.98. The number of hydrogen-bond acceptors (Lipinski definition) is 4. The molecule has 0 spiro atoms. The number of likely N-dealkylation sites (N-methyl/N-ethyl adjacent to an activating group) is 1. The maximum Gasteiger partial charge on any atom is 0.248 e. The molecule has 2 aromatic rings. The maximum absolute atomic E-state index is 13.0. The average molecular weight is 354 g/mol. The van der Waals surface area contributed by atoms with E-state index in [2.05, 4.69) is 17.1 Å². The molecule has 0 fully saturated rings. The van der Waals surface area contributed by atoms with Gasteiger partial charge in [-0.1, -0.05) is 42.5 Å². The number of carbonyl (C=O) groups excluding carboxylic acids is 1. The van der Waals surface area contributed by atoms with E-state index >= 15 is 0 Å². The zero-order chi connectivity index (χ0) is 18.0. The zero-order valence-corrected chi connectivity index (χ0v) is 15.5. The molecule has 0 saturated heterocycles. The summed E-state index contributed by atoms with van der Waals surface area (Å²) in [4.78, 5) is 15.9. The number of allylic oxidation sites excluding steroid dienone is 1. The second-order valence-electron chi connectivity index (χ2n) is 6.36. The van der Waals surface area contributed by atoms with Crippen molar-refractivity contribution in [2.45, 2.75) is 17.9 Å². The number of nitrogens with one attached hydrogen (secondary N) is 1. The first-order chi connectivity index (χ1) is 12.0. The summed E-state index contributed by atoms with van der Waals surface area (Å²) < 4.78 is 13.0. The lowest BCUT2D eigenvalue weighted by molar-refractivity contribution is 0.104. The van der Waals surface area contributed by atoms with Gasteiger partial charge in [-0.05, 0) is 33.2 Å². The summed E-state index contributed by atoms with van der Waals surface area (Å²) >= 11 is -1.47. The van der Waals surface area contributed by atoms with Crippen LogP contribution in [0.3, 0.4) is 0 Å². The number of nitrogens with zero attached hydrogens (tertiary/aromatic N) is 1. The van der Waals surface area contributed by atoms with Gasteiger partial charge in [0, 0.05) is 29.3 Å². The number of carbonyl (C=O) groups is 1. The molecule has 0 radical (unpaired) electrons. The Morgan fingerprint density at radius 1 is 1.12 bits per heavy atom. The van der Waals surface area contributed by atoms with Gasteiger partial charge in [0.1, 0.15) is 5.70 Å². The first kappa shape index (κ1) is 17.7. The van der Waals surface area contributed by atoms with Gasteiger partial charge in [0.15, 0.2) is 4.90 Å². The molecule has 3 rings (SSSR count). The van der Waals surface area contributed by atoms with E-state index in [0.29, 0.717) is 27.6 Å². The van der Waals surface area contributed by atoms with Gasteiger partial charge in [-0.25, -0.2) is 0 Å². The van der Waals surface area contributed by atoms with E-state index in [1.165, 1.54) is 0 Å².